The number of hydrazine groups is 1. The van der Waals surface area contributed by atoms with Crippen molar-refractivity contribution in [1.82, 2.24) is 5.01 Å². The predicted molar refractivity (Wildman–Crippen MR) is 190 cm³/mol. The van der Waals surface area contributed by atoms with Gasteiger partial charge in [0.1, 0.15) is 22.9 Å². The van der Waals surface area contributed by atoms with Gasteiger partial charge in [-0.25, -0.2) is 14.1 Å². The number of hydrogen-bond donors (Lipinski definition) is 4. The summed E-state index contributed by atoms with van der Waals surface area (Å²) < 4.78 is 13.8. The van der Waals surface area contributed by atoms with E-state index in [9.17, 15) is 38.9 Å². The Bertz CT molecular complexity index is 2300. The smallest absolute Gasteiger partial charge is 0.339 e. The van der Waals surface area contributed by atoms with Crippen LogP contribution in [0.5, 0.6) is 11.5 Å². The fourth-order valence-corrected chi connectivity index (χ4v) is 9.25. The van der Waals surface area contributed by atoms with Crippen LogP contribution in [0.3, 0.4) is 0 Å². The van der Waals surface area contributed by atoms with Crippen LogP contribution < -0.4 is 10.3 Å². The summed E-state index contributed by atoms with van der Waals surface area (Å²) in [4.78, 5) is 70.8. The number of carboxylic acid groups (broad SMARTS) is 1. The van der Waals surface area contributed by atoms with Gasteiger partial charge in [0.2, 0.25) is 11.8 Å². The standard InChI is InChI=1S/C39H28Cl2FN3O8/c40-19-3-1-18(2-4-19)39-29(35(49)45(38(39)53)43-21-7-5-20(42)6-8-21)17-28-24(33(39)25-12-10-23(46)16-30(25)41)13-14-27-32(28)36(50)44(34(27)48)22-9-11-26(37(51)52)31(47)15-22/h1-13,15-16,27-29,32-33,43,46-47H,14,17H2,(H,51,52). The summed E-state index contributed by atoms with van der Waals surface area (Å²) >= 11 is 13.2. The van der Waals surface area contributed by atoms with Crippen molar-refractivity contribution in [2.24, 2.45) is 23.7 Å². The number of halogens is 3. The number of carboxylic acids is 1. The van der Waals surface area contributed by atoms with Crippen molar-refractivity contribution in [3.8, 4) is 11.5 Å². The molecule has 4 N–H and O–H groups in total. The fourth-order valence-electron chi connectivity index (χ4n) is 8.84. The molecule has 6 atom stereocenters. The van der Waals surface area contributed by atoms with Crippen LogP contribution in [0.25, 0.3) is 0 Å². The van der Waals surface area contributed by atoms with Crippen LogP contribution in [0, 0.1) is 29.5 Å². The number of anilines is 2. The van der Waals surface area contributed by atoms with Crippen LogP contribution in [-0.4, -0.2) is 49.9 Å². The zero-order valence-electron chi connectivity index (χ0n) is 27.4. The largest absolute Gasteiger partial charge is 0.508 e. The van der Waals surface area contributed by atoms with Crippen LogP contribution >= 0.6 is 23.2 Å². The second kappa shape index (κ2) is 12.5. The topological polar surface area (TPSA) is 165 Å². The lowest BCUT2D eigenvalue weighted by Gasteiger charge is -2.50. The zero-order chi connectivity index (χ0) is 37.5. The number of aromatic hydroxyl groups is 2. The van der Waals surface area contributed by atoms with Crippen LogP contribution in [-0.2, 0) is 24.6 Å². The highest BCUT2D eigenvalue weighted by molar-refractivity contribution is 6.32. The Morgan fingerprint density at radius 1 is 0.849 bits per heavy atom. The molecule has 6 unspecified atom stereocenters. The Kier molecular flexibility index (Phi) is 8.08. The Balaban J connectivity index is 1.31. The molecule has 0 spiro atoms. The Labute approximate surface area is 310 Å². The van der Waals surface area contributed by atoms with E-state index >= 15 is 4.79 Å². The highest BCUT2D eigenvalue weighted by Crippen LogP contribution is 2.65. The maximum atomic E-state index is 15.2. The number of benzene rings is 4. The molecule has 268 valence electrons. The number of phenolic OH excluding ortho intramolecular Hbond substituents is 1. The number of nitrogens with zero attached hydrogens (tertiary/aromatic N) is 2. The second-order valence-corrected chi connectivity index (χ2v) is 14.4. The quantitative estimate of drug-likeness (QED) is 0.128. The van der Waals surface area contributed by atoms with Crippen molar-refractivity contribution in [3.63, 3.8) is 0 Å². The van der Waals surface area contributed by atoms with Crippen molar-refractivity contribution in [2.75, 3.05) is 10.3 Å². The van der Waals surface area contributed by atoms with Gasteiger partial charge in [-0.2, -0.15) is 5.01 Å². The van der Waals surface area contributed by atoms with E-state index in [0.717, 1.165) is 22.0 Å². The lowest BCUT2D eigenvalue weighted by Crippen LogP contribution is -2.53. The zero-order valence-corrected chi connectivity index (χ0v) is 28.9. The van der Waals surface area contributed by atoms with Crippen LogP contribution in [0.1, 0.15) is 40.2 Å². The average molecular weight is 757 g/mol. The van der Waals surface area contributed by atoms with E-state index in [1.807, 2.05) is 6.08 Å². The second-order valence-electron chi connectivity index (χ2n) is 13.6. The van der Waals surface area contributed by atoms with Gasteiger partial charge in [-0.05, 0) is 90.6 Å². The number of rotatable bonds is 6. The number of allylic oxidation sites excluding steroid dienone is 2. The molecule has 0 radical (unpaired) electrons. The predicted octanol–water partition coefficient (Wildman–Crippen LogP) is 6.43. The van der Waals surface area contributed by atoms with Crippen LogP contribution in [0.4, 0.5) is 15.8 Å². The van der Waals surface area contributed by atoms with Gasteiger partial charge in [0, 0.05) is 22.0 Å². The van der Waals surface area contributed by atoms with Crippen molar-refractivity contribution in [1.29, 1.82) is 0 Å². The normalized spacial score (nSPS) is 26.2. The third-order valence-electron chi connectivity index (χ3n) is 11.0. The lowest BCUT2D eigenvalue weighted by atomic mass is 9.49. The highest BCUT2D eigenvalue weighted by Gasteiger charge is 2.70. The number of hydrogen-bond acceptors (Lipinski definition) is 8. The number of aromatic carboxylic acids is 1. The number of imide groups is 2. The van der Waals surface area contributed by atoms with Crippen molar-refractivity contribution < 1.29 is 43.7 Å². The summed E-state index contributed by atoms with van der Waals surface area (Å²) in [5.74, 6) is -9.84. The average Bonchev–Trinajstić information content (AvgIpc) is 3.50. The number of nitrogens with one attached hydrogen (secondary N) is 1. The van der Waals surface area contributed by atoms with Gasteiger partial charge in [0.05, 0.1) is 34.5 Å². The highest BCUT2D eigenvalue weighted by atomic mass is 35.5. The fraction of sp³-hybridized carbons (Fsp3) is 0.205. The van der Waals surface area contributed by atoms with Gasteiger partial charge < -0.3 is 15.3 Å². The molecule has 4 aromatic rings. The maximum Gasteiger partial charge on any atom is 0.339 e. The van der Waals surface area contributed by atoms with Crippen LogP contribution in [0.15, 0.2) is 96.6 Å². The van der Waals surface area contributed by atoms with Gasteiger partial charge >= 0.3 is 5.97 Å². The first-order chi connectivity index (χ1) is 25.3. The summed E-state index contributed by atoms with van der Waals surface area (Å²) in [5, 5.41) is 31.6. The number of amides is 4. The molecule has 2 heterocycles. The van der Waals surface area contributed by atoms with Gasteiger partial charge in [-0.3, -0.25) is 24.6 Å². The third-order valence-corrected chi connectivity index (χ3v) is 11.6. The van der Waals surface area contributed by atoms with E-state index < -0.39 is 81.7 Å². The van der Waals surface area contributed by atoms with E-state index in [2.05, 4.69) is 5.43 Å². The molecule has 2 saturated heterocycles. The van der Waals surface area contributed by atoms with Gasteiger partial charge in [0.15, 0.2) is 0 Å². The number of carbonyl (C=O) groups is 5. The van der Waals surface area contributed by atoms with Gasteiger partial charge in [-0.1, -0.05) is 53.1 Å². The van der Waals surface area contributed by atoms with Crippen molar-refractivity contribution in [2.45, 2.75) is 24.2 Å². The first kappa shape index (κ1) is 34.4. The SMILES string of the molecule is O=C(O)c1ccc(N2C(=O)C3CC=C4C(CC5C(=O)N(Nc6ccc(F)cc6)C(=O)C5(c5ccc(Cl)cc5)C4c4ccc(O)cc4Cl)C3C2=O)cc1O. The molecule has 4 amide bonds. The molecule has 4 aromatic carbocycles. The van der Waals surface area contributed by atoms with Crippen LogP contribution in [0.2, 0.25) is 10.0 Å². The van der Waals surface area contributed by atoms with E-state index in [1.54, 1.807) is 30.3 Å². The van der Waals surface area contributed by atoms with Gasteiger partial charge in [0.25, 0.3) is 11.8 Å². The monoisotopic (exact) mass is 755 g/mol. The minimum Gasteiger partial charge on any atom is -0.508 e. The van der Waals surface area contributed by atoms with Crippen molar-refractivity contribution >= 4 is 64.2 Å². The molecule has 11 nitrogen and oxygen atoms in total. The van der Waals surface area contributed by atoms with Gasteiger partial charge in [-0.15, -0.1) is 0 Å². The summed E-state index contributed by atoms with van der Waals surface area (Å²) in [6.07, 6.45) is 1.87. The third kappa shape index (κ3) is 5.11. The maximum absolute atomic E-state index is 15.2. The van der Waals surface area contributed by atoms with E-state index in [4.69, 9.17) is 23.2 Å². The molecule has 2 aliphatic heterocycles. The minimum absolute atomic E-state index is 0.00954. The van der Waals surface area contributed by atoms with E-state index in [0.29, 0.717) is 21.7 Å². The molecule has 3 fully saturated rings. The molecule has 2 aliphatic carbocycles. The molecule has 53 heavy (non-hydrogen) atoms. The van der Waals surface area contributed by atoms with E-state index in [-0.39, 0.29) is 35.0 Å². The summed E-state index contributed by atoms with van der Waals surface area (Å²) in [6.45, 7) is 0. The summed E-state index contributed by atoms with van der Waals surface area (Å²) in [7, 11) is 0. The van der Waals surface area contributed by atoms with E-state index in [1.165, 1.54) is 42.5 Å². The Hall–Kier alpha value is -5.72. The number of carbonyl (C=O) groups excluding carboxylic acids is 4. The Morgan fingerprint density at radius 3 is 2.23 bits per heavy atom. The summed E-state index contributed by atoms with van der Waals surface area (Å²) in [6, 6.07) is 19.4. The molecule has 1 saturated carbocycles. The molecular formula is C39H28Cl2FN3O8. The molecule has 0 aromatic heterocycles. The lowest BCUT2D eigenvalue weighted by molar-refractivity contribution is -0.138. The molecular weight excluding hydrogens is 728 g/mol. The first-order valence-corrected chi connectivity index (χ1v) is 17.4. The number of fused-ring (bicyclic) bond motifs is 4. The van der Waals surface area contributed by atoms with Crippen molar-refractivity contribution in [3.05, 3.63) is 129 Å². The molecule has 4 aliphatic rings. The molecule has 0 bridgehead atoms. The molecule has 14 heteroatoms. The number of phenols is 2. The minimum atomic E-state index is -1.67. The summed E-state index contributed by atoms with van der Waals surface area (Å²) in [5.41, 5.74) is 2.48. The Morgan fingerprint density at radius 2 is 1.57 bits per heavy atom. The first-order valence-electron chi connectivity index (χ1n) is 16.6. The molecule has 8 rings (SSSR count).